The van der Waals surface area contributed by atoms with Gasteiger partial charge >= 0.3 is 5.97 Å². The van der Waals surface area contributed by atoms with Crippen molar-refractivity contribution in [3.63, 3.8) is 0 Å². The van der Waals surface area contributed by atoms with Gasteiger partial charge in [0.15, 0.2) is 0 Å². The van der Waals surface area contributed by atoms with Gasteiger partial charge < -0.3 is 15.2 Å². The molecule has 1 aromatic rings. The van der Waals surface area contributed by atoms with E-state index in [9.17, 15) is 9.59 Å². The molecule has 18 heavy (non-hydrogen) atoms. The number of carboxylic acid groups (broad SMARTS) is 1. The first kappa shape index (κ1) is 14.5. The lowest BCUT2D eigenvalue weighted by atomic mass is 10.2. The summed E-state index contributed by atoms with van der Waals surface area (Å²) in [6, 6.07) is 5.20. The SMILES string of the molecule is COc1cc(NC(=O)CCCC(=O)O)ccc1Br. The van der Waals surface area contributed by atoms with E-state index in [1.807, 2.05) is 0 Å². The lowest BCUT2D eigenvalue weighted by Gasteiger charge is -2.08. The van der Waals surface area contributed by atoms with Gasteiger partial charge in [-0.3, -0.25) is 9.59 Å². The first-order valence-electron chi connectivity index (χ1n) is 5.38. The van der Waals surface area contributed by atoms with Crippen LogP contribution in [0.5, 0.6) is 5.75 Å². The quantitative estimate of drug-likeness (QED) is 0.846. The lowest BCUT2D eigenvalue weighted by Crippen LogP contribution is -2.11. The number of carbonyl (C=O) groups excluding carboxylic acids is 1. The summed E-state index contributed by atoms with van der Waals surface area (Å²) in [4.78, 5) is 21.8. The van der Waals surface area contributed by atoms with Crippen LogP contribution in [0.1, 0.15) is 19.3 Å². The molecule has 0 heterocycles. The molecule has 1 rings (SSSR count). The van der Waals surface area contributed by atoms with Crippen LogP contribution in [-0.4, -0.2) is 24.1 Å². The summed E-state index contributed by atoms with van der Waals surface area (Å²) in [5.41, 5.74) is 0.621. The highest BCUT2D eigenvalue weighted by Gasteiger charge is 2.06. The summed E-state index contributed by atoms with van der Waals surface area (Å²) in [6.07, 6.45) is 0.511. The number of amides is 1. The lowest BCUT2D eigenvalue weighted by molar-refractivity contribution is -0.137. The number of anilines is 1. The maximum atomic E-state index is 11.5. The van der Waals surface area contributed by atoms with Gasteiger partial charge in [-0.25, -0.2) is 0 Å². The Morgan fingerprint density at radius 3 is 2.72 bits per heavy atom. The zero-order valence-electron chi connectivity index (χ0n) is 9.90. The second-order valence-corrected chi connectivity index (χ2v) is 4.50. The van der Waals surface area contributed by atoms with Crippen LogP contribution >= 0.6 is 15.9 Å². The number of methoxy groups -OCH3 is 1. The Morgan fingerprint density at radius 2 is 2.11 bits per heavy atom. The molecule has 5 nitrogen and oxygen atoms in total. The number of hydrogen-bond acceptors (Lipinski definition) is 3. The third kappa shape index (κ3) is 4.75. The molecule has 0 bridgehead atoms. The van der Waals surface area contributed by atoms with Crippen LogP contribution in [0.4, 0.5) is 5.69 Å². The van der Waals surface area contributed by atoms with Crippen molar-refractivity contribution in [2.45, 2.75) is 19.3 Å². The van der Waals surface area contributed by atoms with Crippen LogP contribution in [-0.2, 0) is 9.59 Å². The van der Waals surface area contributed by atoms with Gasteiger partial charge in [-0.1, -0.05) is 0 Å². The number of carbonyl (C=O) groups is 2. The summed E-state index contributed by atoms with van der Waals surface area (Å²) in [5.74, 6) is -0.480. The Hall–Kier alpha value is -1.56. The minimum atomic E-state index is -0.895. The van der Waals surface area contributed by atoms with Crippen molar-refractivity contribution in [2.75, 3.05) is 12.4 Å². The van der Waals surface area contributed by atoms with Crippen LogP contribution in [0.25, 0.3) is 0 Å². The minimum absolute atomic E-state index is 0.00290. The van der Waals surface area contributed by atoms with E-state index in [0.717, 1.165) is 4.47 Å². The summed E-state index contributed by atoms with van der Waals surface area (Å²) in [7, 11) is 1.54. The van der Waals surface area contributed by atoms with E-state index < -0.39 is 5.97 Å². The van der Waals surface area contributed by atoms with E-state index in [-0.39, 0.29) is 18.7 Å². The Morgan fingerprint density at radius 1 is 1.39 bits per heavy atom. The number of nitrogens with one attached hydrogen (secondary N) is 1. The zero-order chi connectivity index (χ0) is 13.5. The first-order chi connectivity index (χ1) is 8.52. The zero-order valence-corrected chi connectivity index (χ0v) is 11.5. The van der Waals surface area contributed by atoms with Crippen LogP contribution in [0, 0.1) is 0 Å². The van der Waals surface area contributed by atoms with Gasteiger partial charge in [0.2, 0.25) is 5.91 Å². The fourth-order valence-electron chi connectivity index (χ4n) is 1.36. The summed E-state index contributed by atoms with van der Waals surface area (Å²) in [5, 5.41) is 11.1. The molecule has 0 spiro atoms. The highest BCUT2D eigenvalue weighted by atomic mass is 79.9. The molecule has 98 valence electrons. The molecule has 0 aliphatic carbocycles. The highest BCUT2D eigenvalue weighted by Crippen LogP contribution is 2.27. The van der Waals surface area contributed by atoms with Crippen molar-refractivity contribution in [2.24, 2.45) is 0 Å². The molecule has 1 amide bonds. The maximum absolute atomic E-state index is 11.5. The molecule has 0 unspecified atom stereocenters. The third-order valence-electron chi connectivity index (χ3n) is 2.23. The topological polar surface area (TPSA) is 75.6 Å². The van der Waals surface area contributed by atoms with Crippen molar-refractivity contribution >= 4 is 33.5 Å². The van der Waals surface area contributed by atoms with Gasteiger partial charge in [-0.05, 0) is 34.5 Å². The standard InChI is InChI=1S/C12H14BrNO4/c1-18-10-7-8(5-6-9(10)13)14-11(15)3-2-4-12(16)17/h5-7H,2-4H2,1H3,(H,14,15)(H,16,17). The van der Waals surface area contributed by atoms with Crippen molar-refractivity contribution < 1.29 is 19.4 Å². The number of rotatable bonds is 6. The predicted molar refractivity (Wildman–Crippen MR) is 70.8 cm³/mol. The smallest absolute Gasteiger partial charge is 0.303 e. The van der Waals surface area contributed by atoms with E-state index >= 15 is 0 Å². The van der Waals surface area contributed by atoms with E-state index in [0.29, 0.717) is 17.9 Å². The number of aliphatic carboxylic acids is 1. The molecule has 0 atom stereocenters. The highest BCUT2D eigenvalue weighted by molar-refractivity contribution is 9.10. The van der Waals surface area contributed by atoms with Crippen LogP contribution in [0.3, 0.4) is 0 Å². The van der Waals surface area contributed by atoms with E-state index in [2.05, 4.69) is 21.2 Å². The van der Waals surface area contributed by atoms with Gasteiger partial charge in [0.25, 0.3) is 0 Å². The normalized spacial score (nSPS) is 9.89. The summed E-state index contributed by atoms with van der Waals surface area (Å²) in [6.45, 7) is 0. The van der Waals surface area contributed by atoms with Crippen molar-refractivity contribution in [1.29, 1.82) is 0 Å². The number of ether oxygens (including phenoxy) is 1. The molecule has 0 saturated heterocycles. The van der Waals surface area contributed by atoms with Gasteiger partial charge in [0.05, 0.1) is 11.6 Å². The van der Waals surface area contributed by atoms with E-state index in [4.69, 9.17) is 9.84 Å². The molecule has 0 radical (unpaired) electrons. The molecule has 0 aromatic heterocycles. The fraction of sp³-hybridized carbons (Fsp3) is 0.333. The van der Waals surface area contributed by atoms with Crippen LogP contribution in [0.15, 0.2) is 22.7 Å². The average molecular weight is 316 g/mol. The molecular formula is C12H14BrNO4. The van der Waals surface area contributed by atoms with E-state index in [1.165, 1.54) is 0 Å². The first-order valence-corrected chi connectivity index (χ1v) is 6.17. The molecular weight excluding hydrogens is 302 g/mol. The monoisotopic (exact) mass is 315 g/mol. The minimum Gasteiger partial charge on any atom is -0.495 e. The summed E-state index contributed by atoms with van der Waals surface area (Å²) >= 11 is 3.31. The third-order valence-corrected chi connectivity index (χ3v) is 2.88. The van der Waals surface area contributed by atoms with Crippen molar-refractivity contribution in [3.8, 4) is 5.75 Å². The second kappa shape index (κ2) is 7.00. The predicted octanol–water partition coefficient (Wildman–Crippen LogP) is 2.65. The number of benzene rings is 1. The Labute approximate surface area is 113 Å². The molecule has 1 aromatic carbocycles. The maximum Gasteiger partial charge on any atom is 0.303 e. The molecule has 6 heteroatoms. The largest absolute Gasteiger partial charge is 0.495 e. The summed E-state index contributed by atoms with van der Waals surface area (Å²) < 4.78 is 5.90. The average Bonchev–Trinajstić information content (AvgIpc) is 2.31. The molecule has 2 N–H and O–H groups in total. The van der Waals surface area contributed by atoms with E-state index in [1.54, 1.807) is 25.3 Å². The number of hydrogen-bond donors (Lipinski definition) is 2. The molecule has 0 aliphatic rings. The van der Waals surface area contributed by atoms with Gasteiger partial charge in [0.1, 0.15) is 5.75 Å². The second-order valence-electron chi connectivity index (χ2n) is 3.64. The Balaban J connectivity index is 2.51. The van der Waals surface area contributed by atoms with Gasteiger partial charge in [-0.2, -0.15) is 0 Å². The molecule has 0 saturated carbocycles. The molecule has 0 aliphatic heterocycles. The Kier molecular flexibility index (Phi) is 5.64. The number of halogens is 1. The van der Waals surface area contributed by atoms with Crippen molar-refractivity contribution in [3.05, 3.63) is 22.7 Å². The van der Waals surface area contributed by atoms with Gasteiger partial charge in [0, 0.05) is 24.6 Å². The van der Waals surface area contributed by atoms with Crippen LogP contribution < -0.4 is 10.1 Å². The van der Waals surface area contributed by atoms with Crippen molar-refractivity contribution in [1.82, 2.24) is 0 Å². The van der Waals surface area contributed by atoms with Crippen LogP contribution in [0.2, 0.25) is 0 Å². The fourth-order valence-corrected chi connectivity index (χ4v) is 1.77. The molecule has 0 fully saturated rings. The Bertz CT molecular complexity index is 448. The number of carboxylic acids is 1. The van der Waals surface area contributed by atoms with Gasteiger partial charge in [-0.15, -0.1) is 0 Å².